The van der Waals surface area contributed by atoms with Gasteiger partial charge in [0, 0.05) is 0 Å². The summed E-state index contributed by atoms with van der Waals surface area (Å²) in [6.07, 6.45) is 9.84. The molecule has 0 amide bonds. The third-order valence-corrected chi connectivity index (χ3v) is 2.13. The number of allylic oxidation sites excluding steroid dienone is 4. The van der Waals surface area contributed by atoms with Gasteiger partial charge in [-0.25, -0.2) is 4.79 Å². The van der Waals surface area contributed by atoms with Crippen molar-refractivity contribution < 1.29 is 14.3 Å². The summed E-state index contributed by atoms with van der Waals surface area (Å²) < 4.78 is 8.90. The van der Waals surface area contributed by atoms with Gasteiger partial charge in [-0.05, 0) is 40.4 Å². The van der Waals surface area contributed by atoms with E-state index in [1.165, 1.54) is 14.2 Å². The van der Waals surface area contributed by atoms with Gasteiger partial charge in [0.2, 0.25) is 0 Å². The molecule has 0 unspecified atom stereocenters. The second kappa shape index (κ2) is 49.5. The molecular weight excluding hydrogens is 316 g/mol. The molecule has 0 aromatic rings. The Kier molecular flexibility index (Phi) is 68.6. The molecule has 0 aromatic carbocycles. The predicted molar refractivity (Wildman–Crippen MR) is 113 cm³/mol. The zero-order valence-electron chi connectivity index (χ0n) is 17.8. The summed E-state index contributed by atoms with van der Waals surface area (Å²) in [6.45, 7) is 19.7. The van der Waals surface area contributed by atoms with E-state index in [4.69, 9.17) is 0 Å². The summed E-state index contributed by atoms with van der Waals surface area (Å²) >= 11 is 0. The molecule has 0 saturated carbocycles. The van der Waals surface area contributed by atoms with Gasteiger partial charge < -0.3 is 20.5 Å². The van der Waals surface area contributed by atoms with E-state index in [1.54, 1.807) is 12.2 Å². The number of carbonyl (C=O) groups excluding carboxylic acids is 1. The van der Waals surface area contributed by atoms with Crippen molar-refractivity contribution in [1.82, 2.24) is 5.32 Å². The van der Waals surface area contributed by atoms with Crippen LogP contribution in [0.15, 0.2) is 37.5 Å². The summed E-state index contributed by atoms with van der Waals surface area (Å²) in [6, 6.07) is 0. The highest BCUT2D eigenvalue weighted by atomic mass is 16.7. The highest BCUT2D eigenvalue weighted by Crippen LogP contribution is 1.94. The fourth-order valence-corrected chi connectivity index (χ4v) is 0.816. The Bertz CT molecular complexity index is 243. The highest BCUT2D eigenvalue weighted by Gasteiger charge is 1.97. The number of ether oxygens (including phenoxy) is 2. The van der Waals surface area contributed by atoms with Gasteiger partial charge in [0.25, 0.3) is 0 Å². The standard InChI is InChI=1S/C7H14O3.C4H11N.C4H8.C4H6.CH5N/c1-3-4-5-6-10-7(8)9-2;1-3-5-4-2;2*1-3-4-2;1-2/h3-6H2,1-2H3;5H,3-4H2,1-2H3;3-4H,1-2H3;3-4H,1-2H2;2H2,1H3/b;;4-3-;;. The molecule has 0 aliphatic heterocycles. The number of carbonyl (C=O) groups is 1. The van der Waals surface area contributed by atoms with E-state index in [2.05, 4.69) is 54.5 Å². The summed E-state index contributed by atoms with van der Waals surface area (Å²) in [5.74, 6) is 0. The lowest BCUT2D eigenvalue weighted by molar-refractivity contribution is 0.0714. The molecule has 0 aliphatic rings. The van der Waals surface area contributed by atoms with E-state index in [9.17, 15) is 4.79 Å². The summed E-state index contributed by atoms with van der Waals surface area (Å²) in [5, 5.41) is 3.11. The number of rotatable bonds is 7. The van der Waals surface area contributed by atoms with Gasteiger partial charge in [0.1, 0.15) is 0 Å². The van der Waals surface area contributed by atoms with E-state index in [-0.39, 0.29) is 0 Å². The molecule has 0 radical (unpaired) electrons. The van der Waals surface area contributed by atoms with Crippen LogP contribution in [0.25, 0.3) is 0 Å². The average molecular weight is 361 g/mol. The van der Waals surface area contributed by atoms with Gasteiger partial charge in [0.05, 0.1) is 13.7 Å². The largest absolute Gasteiger partial charge is 0.507 e. The van der Waals surface area contributed by atoms with Gasteiger partial charge in [-0.1, -0.05) is 71.1 Å². The van der Waals surface area contributed by atoms with Crippen LogP contribution in [0, 0.1) is 0 Å². The summed E-state index contributed by atoms with van der Waals surface area (Å²) in [5.41, 5.74) is 4.50. The maximum Gasteiger partial charge on any atom is 0.507 e. The van der Waals surface area contributed by atoms with Crippen LogP contribution in [0.3, 0.4) is 0 Å². The topological polar surface area (TPSA) is 73.6 Å². The van der Waals surface area contributed by atoms with Crippen molar-refractivity contribution in [3.05, 3.63) is 37.5 Å². The van der Waals surface area contributed by atoms with Crippen LogP contribution in [-0.4, -0.2) is 40.0 Å². The zero-order chi connectivity index (χ0) is 20.8. The number of hydrogen-bond acceptors (Lipinski definition) is 5. The Morgan fingerprint density at radius 2 is 1.44 bits per heavy atom. The third-order valence-electron chi connectivity index (χ3n) is 2.13. The van der Waals surface area contributed by atoms with E-state index in [0.717, 1.165) is 32.4 Å². The number of nitrogens with two attached hydrogens (primary N) is 1. The van der Waals surface area contributed by atoms with Crippen LogP contribution < -0.4 is 11.1 Å². The van der Waals surface area contributed by atoms with Crippen LogP contribution in [0.1, 0.15) is 53.9 Å². The monoisotopic (exact) mass is 360 g/mol. The Labute approximate surface area is 157 Å². The Morgan fingerprint density at radius 3 is 1.64 bits per heavy atom. The molecule has 0 fully saturated rings. The second-order valence-corrected chi connectivity index (χ2v) is 4.10. The minimum absolute atomic E-state index is 0.473. The van der Waals surface area contributed by atoms with Crippen molar-refractivity contribution in [1.29, 1.82) is 0 Å². The Balaban J connectivity index is -0.0000000753. The van der Waals surface area contributed by atoms with E-state index >= 15 is 0 Å². The van der Waals surface area contributed by atoms with Crippen LogP contribution in [0.4, 0.5) is 4.79 Å². The molecule has 0 bridgehead atoms. The van der Waals surface area contributed by atoms with E-state index < -0.39 is 6.16 Å². The SMILES string of the molecule is C/C=C\C.C=CC=C.CCCCCOC(=O)OC.CCNCC.CN. The molecule has 0 heterocycles. The quantitative estimate of drug-likeness (QED) is 0.286. The molecule has 0 aromatic heterocycles. The van der Waals surface area contributed by atoms with Gasteiger partial charge in [-0.3, -0.25) is 0 Å². The molecule has 5 nitrogen and oxygen atoms in total. The lowest BCUT2D eigenvalue weighted by atomic mass is 10.3. The lowest BCUT2D eigenvalue weighted by Gasteiger charge is -2.00. The first-order valence-corrected chi connectivity index (χ1v) is 8.85. The van der Waals surface area contributed by atoms with Crippen molar-refractivity contribution in [2.75, 3.05) is 33.9 Å². The van der Waals surface area contributed by atoms with Crippen LogP contribution in [0.2, 0.25) is 0 Å². The minimum atomic E-state index is -0.587. The first-order chi connectivity index (χ1) is 12.1. The van der Waals surface area contributed by atoms with Crippen LogP contribution in [-0.2, 0) is 9.47 Å². The molecular formula is C20H44N2O3. The fourth-order valence-electron chi connectivity index (χ4n) is 0.816. The van der Waals surface area contributed by atoms with Crippen molar-refractivity contribution in [3.63, 3.8) is 0 Å². The number of nitrogens with one attached hydrogen (secondary N) is 1. The third kappa shape index (κ3) is 86.1. The molecule has 0 atom stereocenters. The molecule has 5 heteroatoms. The normalized spacial score (nSPS) is 7.84. The fraction of sp³-hybridized carbons (Fsp3) is 0.650. The molecule has 0 saturated heterocycles. The maximum absolute atomic E-state index is 10.3. The molecule has 152 valence electrons. The maximum atomic E-state index is 10.3. The molecule has 0 rings (SSSR count). The predicted octanol–water partition coefficient (Wildman–Crippen LogP) is 5.09. The minimum Gasteiger partial charge on any atom is -0.438 e. The number of unbranched alkanes of at least 4 members (excludes halogenated alkanes) is 2. The number of hydrogen-bond donors (Lipinski definition) is 2. The van der Waals surface area contributed by atoms with Crippen molar-refractivity contribution in [3.8, 4) is 0 Å². The highest BCUT2D eigenvalue weighted by molar-refractivity contribution is 5.59. The van der Waals surface area contributed by atoms with Crippen LogP contribution in [0.5, 0.6) is 0 Å². The first kappa shape index (κ1) is 34.7. The van der Waals surface area contributed by atoms with Gasteiger partial charge in [-0.2, -0.15) is 0 Å². The molecule has 0 aliphatic carbocycles. The van der Waals surface area contributed by atoms with Crippen LogP contribution >= 0.6 is 0 Å². The van der Waals surface area contributed by atoms with Gasteiger partial charge in [0.15, 0.2) is 0 Å². The van der Waals surface area contributed by atoms with E-state index in [0.29, 0.717) is 6.61 Å². The molecule has 0 spiro atoms. The number of methoxy groups -OCH3 is 1. The van der Waals surface area contributed by atoms with Crippen molar-refractivity contribution in [2.45, 2.75) is 53.9 Å². The molecule has 3 N–H and O–H groups in total. The average Bonchev–Trinajstić information content (AvgIpc) is 2.68. The van der Waals surface area contributed by atoms with Crippen molar-refractivity contribution in [2.24, 2.45) is 5.73 Å². The Hall–Kier alpha value is -1.59. The lowest BCUT2D eigenvalue weighted by Crippen LogP contribution is -2.09. The Morgan fingerprint density at radius 1 is 1.00 bits per heavy atom. The van der Waals surface area contributed by atoms with Crippen molar-refractivity contribution >= 4 is 6.16 Å². The molecule has 25 heavy (non-hydrogen) atoms. The first-order valence-electron chi connectivity index (χ1n) is 8.85. The second-order valence-electron chi connectivity index (χ2n) is 4.10. The summed E-state index contributed by atoms with van der Waals surface area (Å²) in [7, 11) is 2.81. The van der Waals surface area contributed by atoms with E-state index in [1.807, 2.05) is 26.0 Å². The van der Waals surface area contributed by atoms with Gasteiger partial charge >= 0.3 is 6.16 Å². The zero-order valence-corrected chi connectivity index (χ0v) is 17.8. The smallest absolute Gasteiger partial charge is 0.438 e. The summed E-state index contributed by atoms with van der Waals surface area (Å²) in [4.78, 5) is 10.3. The van der Waals surface area contributed by atoms with Gasteiger partial charge in [-0.15, -0.1) is 0 Å².